The van der Waals surface area contributed by atoms with E-state index in [9.17, 15) is 19.5 Å². The molecular formula is C27H27NO7. The van der Waals surface area contributed by atoms with Crippen LogP contribution in [0.3, 0.4) is 0 Å². The predicted octanol–water partition coefficient (Wildman–Crippen LogP) is 5.02. The number of hydrogen-bond acceptors (Lipinski definition) is 6. The molecule has 0 unspecified atom stereocenters. The van der Waals surface area contributed by atoms with Gasteiger partial charge in [-0.3, -0.25) is 0 Å². The maximum atomic E-state index is 12.3. The van der Waals surface area contributed by atoms with Crippen LogP contribution in [-0.4, -0.2) is 28.9 Å². The van der Waals surface area contributed by atoms with E-state index in [4.69, 9.17) is 14.2 Å². The lowest BCUT2D eigenvalue weighted by atomic mass is 9.92. The number of ether oxygens (including phenoxy) is 3. The number of hydrogen-bond donors (Lipinski definition) is 2. The van der Waals surface area contributed by atoms with E-state index in [-0.39, 0.29) is 19.6 Å². The van der Waals surface area contributed by atoms with E-state index in [2.05, 4.69) is 5.32 Å². The molecule has 8 nitrogen and oxygen atoms in total. The number of amides is 1. The van der Waals surface area contributed by atoms with Crippen LogP contribution in [0.25, 0.3) is 0 Å². The average Bonchev–Trinajstić information content (AvgIpc) is 2.84. The molecule has 0 aliphatic carbocycles. The normalized spacial score (nSPS) is 12.2. The lowest BCUT2D eigenvalue weighted by Crippen LogP contribution is -2.53. The zero-order chi connectivity index (χ0) is 25.3. The second kappa shape index (κ2) is 11.7. The third kappa shape index (κ3) is 7.60. The minimum Gasteiger partial charge on any atom is -0.480 e. The van der Waals surface area contributed by atoms with Gasteiger partial charge in [0.25, 0.3) is 0 Å². The van der Waals surface area contributed by atoms with E-state index in [1.165, 1.54) is 6.92 Å². The van der Waals surface area contributed by atoms with Gasteiger partial charge < -0.3 is 24.6 Å². The third-order valence-electron chi connectivity index (χ3n) is 5.25. The van der Waals surface area contributed by atoms with Crippen molar-refractivity contribution in [2.45, 2.75) is 39.0 Å². The molecule has 0 heterocycles. The minimum absolute atomic E-state index is 0.0116. The summed E-state index contributed by atoms with van der Waals surface area (Å²) in [6.45, 7) is 3.23. The largest absolute Gasteiger partial charge is 0.514 e. The highest BCUT2D eigenvalue weighted by molar-refractivity contribution is 5.84. The number of rotatable bonds is 9. The Bertz CT molecular complexity index is 1160. The molecule has 0 saturated heterocycles. The molecule has 0 spiro atoms. The molecule has 182 valence electrons. The topological polar surface area (TPSA) is 111 Å². The number of benzene rings is 3. The number of carbonyl (C=O) groups is 3. The Balaban J connectivity index is 1.58. The van der Waals surface area contributed by atoms with Crippen LogP contribution in [0.2, 0.25) is 0 Å². The number of aryl methyl sites for hydroxylation is 1. The Labute approximate surface area is 203 Å². The van der Waals surface area contributed by atoms with Gasteiger partial charge in [0.05, 0.1) is 0 Å². The first kappa shape index (κ1) is 25.3. The van der Waals surface area contributed by atoms with Gasteiger partial charge in [0, 0.05) is 6.42 Å². The SMILES string of the molecule is Cc1cc(C[C@](C)(NC(=O)OCc2ccccc2)C(=O)O)ccc1OC(=O)OCc1ccccc1. The smallest absolute Gasteiger partial charge is 0.480 e. The molecule has 3 aromatic rings. The summed E-state index contributed by atoms with van der Waals surface area (Å²) < 4.78 is 15.6. The van der Waals surface area contributed by atoms with Crippen LogP contribution in [0.1, 0.15) is 29.2 Å². The fourth-order valence-electron chi connectivity index (χ4n) is 3.34. The Hall–Kier alpha value is -4.33. The Morgan fingerprint density at radius 1 is 0.829 bits per heavy atom. The molecule has 2 N–H and O–H groups in total. The van der Waals surface area contributed by atoms with Crippen molar-refractivity contribution in [1.29, 1.82) is 0 Å². The molecule has 0 aliphatic heterocycles. The molecule has 0 fully saturated rings. The number of carbonyl (C=O) groups excluding carboxylic acids is 2. The summed E-state index contributed by atoms with van der Waals surface area (Å²) in [7, 11) is 0. The van der Waals surface area contributed by atoms with E-state index >= 15 is 0 Å². The highest BCUT2D eigenvalue weighted by Gasteiger charge is 2.36. The standard InChI is InChI=1S/C27H27NO7/c1-19-15-22(13-14-23(19)35-26(32)34-18-21-11-7-4-8-12-21)16-27(2,24(29)30)28-25(31)33-17-20-9-5-3-6-10-20/h3-15H,16-18H2,1-2H3,(H,28,31)(H,29,30)/t27-/m0/s1. The van der Waals surface area contributed by atoms with E-state index < -0.39 is 23.8 Å². The summed E-state index contributed by atoms with van der Waals surface area (Å²) in [5.41, 5.74) is 1.24. The monoisotopic (exact) mass is 477 g/mol. The predicted molar refractivity (Wildman–Crippen MR) is 128 cm³/mol. The maximum Gasteiger partial charge on any atom is 0.514 e. The zero-order valence-electron chi connectivity index (χ0n) is 19.5. The second-order valence-electron chi connectivity index (χ2n) is 8.23. The summed E-state index contributed by atoms with van der Waals surface area (Å²) in [6, 6.07) is 23.2. The van der Waals surface area contributed by atoms with Gasteiger partial charge in [-0.15, -0.1) is 0 Å². The maximum absolute atomic E-state index is 12.3. The molecule has 1 atom stereocenters. The summed E-state index contributed by atoms with van der Waals surface area (Å²) >= 11 is 0. The lowest BCUT2D eigenvalue weighted by Gasteiger charge is -2.26. The van der Waals surface area contributed by atoms with E-state index in [1.807, 2.05) is 48.5 Å². The molecule has 0 bridgehead atoms. The first-order valence-corrected chi connectivity index (χ1v) is 11.0. The molecule has 0 radical (unpaired) electrons. The van der Waals surface area contributed by atoms with Crippen molar-refractivity contribution in [3.63, 3.8) is 0 Å². The van der Waals surface area contributed by atoms with Crippen LogP contribution in [0.15, 0.2) is 78.9 Å². The first-order chi connectivity index (χ1) is 16.7. The van der Waals surface area contributed by atoms with Crippen LogP contribution in [0.4, 0.5) is 9.59 Å². The second-order valence-corrected chi connectivity index (χ2v) is 8.23. The molecule has 8 heteroatoms. The van der Waals surface area contributed by atoms with Crippen molar-refractivity contribution in [3.05, 3.63) is 101 Å². The molecule has 3 aromatic carbocycles. The summed E-state index contributed by atoms with van der Waals surface area (Å²) in [5.74, 6) is -0.921. The summed E-state index contributed by atoms with van der Waals surface area (Å²) in [5, 5.41) is 12.2. The molecule has 0 saturated carbocycles. The van der Waals surface area contributed by atoms with Crippen LogP contribution < -0.4 is 10.1 Å². The quantitative estimate of drug-likeness (QED) is 0.329. The van der Waals surface area contributed by atoms with Crippen molar-refractivity contribution in [1.82, 2.24) is 5.32 Å². The molecule has 0 aromatic heterocycles. The van der Waals surface area contributed by atoms with Crippen LogP contribution in [0, 0.1) is 6.92 Å². The zero-order valence-corrected chi connectivity index (χ0v) is 19.5. The van der Waals surface area contributed by atoms with Crippen LogP contribution >= 0.6 is 0 Å². The molecular weight excluding hydrogens is 450 g/mol. The van der Waals surface area contributed by atoms with E-state index in [0.717, 1.165) is 11.1 Å². The van der Waals surface area contributed by atoms with Gasteiger partial charge in [-0.05, 0) is 42.2 Å². The van der Waals surface area contributed by atoms with E-state index in [0.29, 0.717) is 16.9 Å². The van der Waals surface area contributed by atoms with Crippen molar-refractivity contribution in [3.8, 4) is 5.75 Å². The van der Waals surface area contributed by atoms with Crippen molar-refractivity contribution in [2.24, 2.45) is 0 Å². The number of alkyl carbamates (subject to hydrolysis) is 1. The van der Waals surface area contributed by atoms with Gasteiger partial charge in [-0.1, -0.05) is 72.8 Å². The van der Waals surface area contributed by atoms with Gasteiger partial charge in [-0.25, -0.2) is 14.4 Å². The van der Waals surface area contributed by atoms with Gasteiger partial charge in [0.1, 0.15) is 24.5 Å². The van der Waals surface area contributed by atoms with Crippen molar-refractivity contribution in [2.75, 3.05) is 0 Å². The average molecular weight is 478 g/mol. The number of carboxylic acids is 1. The molecule has 0 aliphatic rings. The number of aliphatic carboxylic acids is 1. The highest BCUT2D eigenvalue weighted by atomic mass is 16.7. The molecule has 35 heavy (non-hydrogen) atoms. The number of carboxylic acid groups (broad SMARTS) is 1. The fraction of sp³-hybridized carbons (Fsp3) is 0.222. The minimum atomic E-state index is -1.61. The van der Waals surface area contributed by atoms with Crippen LogP contribution in [-0.2, 0) is 33.9 Å². The molecule has 3 rings (SSSR count). The number of nitrogens with one attached hydrogen (secondary N) is 1. The highest BCUT2D eigenvalue weighted by Crippen LogP contribution is 2.23. The molecule has 1 amide bonds. The summed E-state index contributed by atoms with van der Waals surface area (Å²) in [4.78, 5) is 36.3. The third-order valence-corrected chi connectivity index (χ3v) is 5.25. The van der Waals surface area contributed by atoms with Gasteiger partial charge >= 0.3 is 18.2 Å². The van der Waals surface area contributed by atoms with Gasteiger partial charge in [0.2, 0.25) is 0 Å². The Kier molecular flexibility index (Phi) is 8.45. The van der Waals surface area contributed by atoms with Crippen molar-refractivity contribution < 1.29 is 33.7 Å². The Morgan fingerprint density at radius 2 is 1.40 bits per heavy atom. The first-order valence-electron chi connectivity index (χ1n) is 11.0. The van der Waals surface area contributed by atoms with Crippen molar-refractivity contribution >= 4 is 18.2 Å². The lowest BCUT2D eigenvalue weighted by molar-refractivity contribution is -0.143. The van der Waals surface area contributed by atoms with Gasteiger partial charge in [-0.2, -0.15) is 0 Å². The fourth-order valence-corrected chi connectivity index (χ4v) is 3.34. The van der Waals surface area contributed by atoms with Gasteiger partial charge in [0.15, 0.2) is 0 Å². The summed E-state index contributed by atoms with van der Waals surface area (Å²) in [6.07, 6.45) is -1.69. The van der Waals surface area contributed by atoms with E-state index in [1.54, 1.807) is 37.3 Å². The Morgan fingerprint density at radius 3 is 1.94 bits per heavy atom. The van der Waals surface area contributed by atoms with Crippen LogP contribution in [0.5, 0.6) is 5.75 Å².